The molecule has 1 aliphatic rings. The molecule has 1 aromatic carbocycles. The minimum Gasteiger partial charge on any atom is -0.379 e. The van der Waals surface area contributed by atoms with Gasteiger partial charge in [0.1, 0.15) is 5.69 Å². The third kappa shape index (κ3) is 4.70. The minimum atomic E-state index is -0.316. The van der Waals surface area contributed by atoms with Crippen LogP contribution in [0.5, 0.6) is 0 Å². The second-order valence-corrected chi connectivity index (χ2v) is 5.81. The number of hydrogen-bond donors (Lipinski definition) is 1. The third-order valence-electron chi connectivity index (χ3n) is 3.89. The van der Waals surface area contributed by atoms with E-state index in [0.717, 1.165) is 44.1 Å². The normalized spacial score (nSPS) is 14.4. The quantitative estimate of drug-likeness (QED) is 0.557. The molecule has 1 N–H and O–H groups in total. The van der Waals surface area contributed by atoms with Gasteiger partial charge in [-0.25, -0.2) is 0 Å². The fourth-order valence-corrected chi connectivity index (χ4v) is 2.47. The van der Waals surface area contributed by atoms with Gasteiger partial charge in [0.2, 0.25) is 0 Å². The highest BCUT2D eigenvalue weighted by Crippen LogP contribution is 2.31. The van der Waals surface area contributed by atoms with E-state index in [1.165, 1.54) is 12.8 Å². The van der Waals surface area contributed by atoms with Gasteiger partial charge in [-0.05, 0) is 43.4 Å². The van der Waals surface area contributed by atoms with E-state index in [2.05, 4.69) is 24.1 Å². The predicted molar refractivity (Wildman–Crippen MR) is 85.6 cm³/mol. The lowest BCUT2D eigenvalue weighted by Gasteiger charge is -2.20. The van der Waals surface area contributed by atoms with Crippen molar-refractivity contribution in [1.29, 1.82) is 0 Å². The number of nitrogens with one attached hydrogen (secondary N) is 1. The molecule has 0 unspecified atom stereocenters. The minimum absolute atomic E-state index is 0.164. The van der Waals surface area contributed by atoms with Gasteiger partial charge in [-0.2, -0.15) is 0 Å². The number of nitro benzene ring substituents is 1. The fourth-order valence-electron chi connectivity index (χ4n) is 2.47. The van der Waals surface area contributed by atoms with E-state index < -0.39 is 0 Å². The molecule has 21 heavy (non-hydrogen) atoms. The highest BCUT2D eigenvalue weighted by atomic mass is 16.6. The van der Waals surface area contributed by atoms with Gasteiger partial charge < -0.3 is 5.32 Å². The summed E-state index contributed by atoms with van der Waals surface area (Å²) in [5, 5.41) is 14.3. The van der Waals surface area contributed by atoms with Crippen molar-refractivity contribution < 1.29 is 4.92 Å². The summed E-state index contributed by atoms with van der Waals surface area (Å²) in [6.45, 7) is 8.01. The number of anilines is 1. The lowest BCUT2D eigenvalue weighted by Crippen LogP contribution is -2.25. The van der Waals surface area contributed by atoms with Crippen LogP contribution in [0.1, 0.15) is 38.7 Å². The van der Waals surface area contributed by atoms with E-state index in [1.54, 1.807) is 6.07 Å². The zero-order chi connectivity index (χ0) is 15.2. The average Bonchev–Trinajstić information content (AvgIpc) is 3.28. The molecule has 1 fully saturated rings. The summed E-state index contributed by atoms with van der Waals surface area (Å²) in [7, 11) is 0. The maximum atomic E-state index is 11.1. The van der Waals surface area contributed by atoms with Gasteiger partial charge in [0.25, 0.3) is 5.69 Å². The zero-order valence-electron chi connectivity index (χ0n) is 13.0. The number of nitro groups is 1. The van der Waals surface area contributed by atoms with Crippen LogP contribution in [0, 0.1) is 16.0 Å². The van der Waals surface area contributed by atoms with Gasteiger partial charge in [-0.15, -0.1) is 0 Å². The second-order valence-electron chi connectivity index (χ2n) is 5.81. The van der Waals surface area contributed by atoms with Crippen LogP contribution in [0.4, 0.5) is 11.4 Å². The van der Waals surface area contributed by atoms with Gasteiger partial charge in [-0.3, -0.25) is 15.0 Å². The van der Waals surface area contributed by atoms with Crippen molar-refractivity contribution in [2.24, 2.45) is 5.92 Å². The Labute approximate surface area is 126 Å². The topological polar surface area (TPSA) is 58.4 Å². The molecule has 0 saturated heterocycles. The van der Waals surface area contributed by atoms with E-state index in [4.69, 9.17) is 0 Å². The summed E-state index contributed by atoms with van der Waals surface area (Å²) in [4.78, 5) is 13.2. The fraction of sp³-hybridized carbons (Fsp3) is 0.625. The monoisotopic (exact) mass is 291 g/mol. The number of nitrogens with zero attached hydrogens (tertiary/aromatic N) is 2. The molecule has 5 nitrogen and oxygen atoms in total. The van der Waals surface area contributed by atoms with Crippen molar-refractivity contribution in [1.82, 2.24) is 4.90 Å². The van der Waals surface area contributed by atoms with E-state index in [0.29, 0.717) is 5.69 Å². The van der Waals surface area contributed by atoms with Gasteiger partial charge in [0.05, 0.1) is 4.92 Å². The van der Waals surface area contributed by atoms with Crippen LogP contribution < -0.4 is 5.32 Å². The van der Waals surface area contributed by atoms with Crippen molar-refractivity contribution >= 4 is 11.4 Å². The zero-order valence-corrected chi connectivity index (χ0v) is 13.0. The predicted octanol–water partition coefficient (Wildman–Crippen LogP) is 3.65. The molecule has 0 bridgehead atoms. The molecule has 0 aromatic heterocycles. The van der Waals surface area contributed by atoms with Gasteiger partial charge in [-0.1, -0.05) is 19.9 Å². The molecular formula is C16H25N3O2. The van der Waals surface area contributed by atoms with Crippen molar-refractivity contribution in [2.75, 3.05) is 25.0 Å². The Morgan fingerprint density at radius 3 is 2.71 bits per heavy atom. The Morgan fingerprint density at radius 2 is 2.14 bits per heavy atom. The van der Waals surface area contributed by atoms with Crippen molar-refractivity contribution in [3.63, 3.8) is 0 Å². The summed E-state index contributed by atoms with van der Waals surface area (Å²) >= 11 is 0. The molecular weight excluding hydrogens is 266 g/mol. The van der Waals surface area contributed by atoms with E-state index >= 15 is 0 Å². The maximum Gasteiger partial charge on any atom is 0.292 e. The summed E-state index contributed by atoms with van der Waals surface area (Å²) in [5.74, 6) is 0.862. The Morgan fingerprint density at radius 1 is 1.38 bits per heavy atom. The summed E-state index contributed by atoms with van der Waals surface area (Å²) in [5.41, 5.74) is 1.95. The molecule has 1 aromatic rings. The molecule has 1 aliphatic carbocycles. The van der Waals surface area contributed by atoms with Crippen LogP contribution in [0.2, 0.25) is 0 Å². The van der Waals surface area contributed by atoms with Gasteiger partial charge in [0.15, 0.2) is 0 Å². The standard InChI is InChI=1S/C16H25N3O2/c1-3-9-17-15-10-14(7-8-16(15)19(20)21)12-18(4-2)11-13-5-6-13/h7-8,10,13,17H,3-6,9,11-12H2,1-2H3. The maximum absolute atomic E-state index is 11.1. The smallest absolute Gasteiger partial charge is 0.292 e. The number of benzene rings is 1. The molecule has 0 heterocycles. The van der Waals surface area contributed by atoms with E-state index in [1.807, 2.05) is 12.1 Å². The third-order valence-corrected chi connectivity index (χ3v) is 3.89. The van der Waals surface area contributed by atoms with Crippen LogP contribution in [-0.2, 0) is 6.54 Å². The van der Waals surface area contributed by atoms with Crippen LogP contribution in [-0.4, -0.2) is 29.5 Å². The molecule has 0 atom stereocenters. The van der Waals surface area contributed by atoms with Crippen molar-refractivity contribution in [3.8, 4) is 0 Å². The molecule has 116 valence electrons. The average molecular weight is 291 g/mol. The van der Waals surface area contributed by atoms with Crippen molar-refractivity contribution in [2.45, 2.75) is 39.7 Å². The highest BCUT2D eigenvalue weighted by molar-refractivity contribution is 5.62. The molecule has 5 heteroatoms. The van der Waals surface area contributed by atoms with Crippen molar-refractivity contribution in [3.05, 3.63) is 33.9 Å². The molecule has 0 aliphatic heterocycles. The van der Waals surface area contributed by atoms with Gasteiger partial charge >= 0.3 is 0 Å². The molecule has 0 spiro atoms. The highest BCUT2D eigenvalue weighted by Gasteiger charge is 2.24. The SMILES string of the molecule is CCCNc1cc(CN(CC)CC2CC2)ccc1[N+](=O)[O-]. The van der Waals surface area contributed by atoms with Crippen LogP contribution in [0.15, 0.2) is 18.2 Å². The van der Waals surface area contributed by atoms with E-state index in [9.17, 15) is 10.1 Å². The first-order valence-electron chi connectivity index (χ1n) is 7.87. The molecule has 2 rings (SSSR count). The van der Waals surface area contributed by atoms with Crippen LogP contribution in [0.3, 0.4) is 0 Å². The lowest BCUT2D eigenvalue weighted by atomic mass is 10.1. The van der Waals surface area contributed by atoms with Crippen LogP contribution in [0.25, 0.3) is 0 Å². The second kappa shape index (κ2) is 7.41. The van der Waals surface area contributed by atoms with E-state index in [-0.39, 0.29) is 10.6 Å². The first kappa shape index (κ1) is 15.8. The summed E-state index contributed by atoms with van der Waals surface area (Å²) < 4.78 is 0. The number of rotatable bonds is 9. The number of hydrogen-bond acceptors (Lipinski definition) is 4. The lowest BCUT2D eigenvalue weighted by molar-refractivity contribution is -0.384. The first-order chi connectivity index (χ1) is 10.1. The Hall–Kier alpha value is -1.62. The molecule has 0 radical (unpaired) electrons. The molecule has 1 saturated carbocycles. The Bertz CT molecular complexity index is 486. The largest absolute Gasteiger partial charge is 0.379 e. The Balaban J connectivity index is 2.09. The summed E-state index contributed by atoms with van der Waals surface area (Å²) in [6, 6.07) is 5.44. The first-order valence-corrected chi connectivity index (χ1v) is 7.87. The Kier molecular flexibility index (Phi) is 5.56. The molecule has 0 amide bonds. The van der Waals surface area contributed by atoms with Gasteiger partial charge in [0, 0.05) is 25.7 Å². The summed E-state index contributed by atoms with van der Waals surface area (Å²) in [6.07, 6.45) is 3.64. The van der Waals surface area contributed by atoms with Crippen LogP contribution >= 0.6 is 0 Å².